The molecule has 1 rings (SSSR count). The Morgan fingerprint density at radius 3 is 2.53 bits per heavy atom. The fourth-order valence-corrected chi connectivity index (χ4v) is 2.84. The first-order chi connectivity index (χ1) is 9.24. The molecule has 3 heteroatoms. The van der Waals surface area contributed by atoms with Crippen LogP contribution in [-0.2, 0) is 4.74 Å². The summed E-state index contributed by atoms with van der Waals surface area (Å²) in [6.45, 7) is 9.64. The number of ether oxygens (including phenoxy) is 1. The standard InChI is InChI=1S/C16H34N2O/c1-4-19-14-6-5-11-17-12-13-18(3)16-9-7-15(2)8-10-16/h15-17H,4-14H2,1-3H3. The largest absolute Gasteiger partial charge is 0.382 e. The molecular formula is C16H34N2O. The fourth-order valence-electron chi connectivity index (χ4n) is 2.84. The van der Waals surface area contributed by atoms with Gasteiger partial charge in [-0.25, -0.2) is 0 Å². The maximum absolute atomic E-state index is 5.33. The predicted octanol–water partition coefficient (Wildman–Crippen LogP) is 2.90. The van der Waals surface area contributed by atoms with Crippen LogP contribution >= 0.6 is 0 Å². The molecule has 0 aromatic rings. The second-order valence-electron chi connectivity index (χ2n) is 6.05. The number of nitrogens with zero attached hydrogens (tertiary/aromatic N) is 1. The first-order valence-electron chi connectivity index (χ1n) is 8.22. The maximum atomic E-state index is 5.33. The van der Waals surface area contributed by atoms with Crippen molar-refractivity contribution in [3.63, 3.8) is 0 Å². The van der Waals surface area contributed by atoms with Gasteiger partial charge in [-0.1, -0.05) is 6.92 Å². The Hall–Kier alpha value is -0.120. The molecule has 0 bridgehead atoms. The third-order valence-electron chi connectivity index (χ3n) is 4.35. The van der Waals surface area contributed by atoms with Gasteiger partial charge in [0, 0.05) is 32.3 Å². The molecule has 1 N–H and O–H groups in total. The minimum atomic E-state index is 0.830. The molecule has 0 heterocycles. The Labute approximate surface area is 120 Å². The summed E-state index contributed by atoms with van der Waals surface area (Å²) in [6.07, 6.45) is 8.03. The second-order valence-corrected chi connectivity index (χ2v) is 6.05. The molecule has 1 aliphatic rings. The summed E-state index contributed by atoms with van der Waals surface area (Å²) in [5, 5.41) is 3.54. The molecule has 1 saturated carbocycles. The summed E-state index contributed by atoms with van der Waals surface area (Å²) in [5.74, 6) is 0.952. The molecule has 114 valence electrons. The molecule has 0 amide bonds. The number of nitrogens with one attached hydrogen (secondary N) is 1. The van der Waals surface area contributed by atoms with Crippen molar-refractivity contribution >= 4 is 0 Å². The van der Waals surface area contributed by atoms with Gasteiger partial charge in [-0.3, -0.25) is 0 Å². The summed E-state index contributed by atoms with van der Waals surface area (Å²) in [7, 11) is 2.29. The molecule has 19 heavy (non-hydrogen) atoms. The molecule has 0 aromatic heterocycles. The van der Waals surface area contributed by atoms with Crippen LogP contribution in [-0.4, -0.2) is 50.8 Å². The Bertz CT molecular complexity index is 203. The number of rotatable bonds is 10. The Kier molecular flexibility index (Phi) is 9.48. The summed E-state index contributed by atoms with van der Waals surface area (Å²) in [4.78, 5) is 2.55. The maximum Gasteiger partial charge on any atom is 0.0466 e. The van der Waals surface area contributed by atoms with Gasteiger partial charge in [0.05, 0.1) is 0 Å². The quantitative estimate of drug-likeness (QED) is 0.618. The van der Waals surface area contributed by atoms with Crippen LogP contribution in [0.2, 0.25) is 0 Å². The predicted molar refractivity (Wildman–Crippen MR) is 82.6 cm³/mol. The van der Waals surface area contributed by atoms with Gasteiger partial charge in [-0.05, 0) is 65.0 Å². The zero-order valence-corrected chi connectivity index (χ0v) is 13.3. The molecule has 1 aliphatic carbocycles. The van der Waals surface area contributed by atoms with Crippen LogP contribution in [0.1, 0.15) is 52.4 Å². The van der Waals surface area contributed by atoms with E-state index in [-0.39, 0.29) is 0 Å². The molecule has 0 atom stereocenters. The van der Waals surface area contributed by atoms with E-state index in [1.165, 1.54) is 45.1 Å². The van der Waals surface area contributed by atoms with Crippen molar-refractivity contribution < 1.29 is 4.74 Å². The highest BCUT2D eigenvalue weighted by atomic mass is 16.5. The van der Waals surface area contributed by atoms with Crippen molar-refractivity contribution in [1.82, 2.24) is 10.2 Å². The van der Waals surface area contributed by atoms with E-state index in [0.29, 0.717) is 0 Å². The summed E-state index contributed by atoms with van der Waals surface area (Å²) in [5.41, 5.74) is 0. The lowest BCUT2D eigenvalue weighted by atomic mass is 9.87. The lowest BCUT2D eigenvalue weighted by molar-refractivity contribution is 0.143. The zero-order chi connectivity index (χ0) is 13.9. The molecule has 0 saturated heterocycles. The van der Waals surface area contributed by atoms with Gasteiger partial charge in [-0.15, -0.1) is 0 Å². The minimum Gasteiger partial charge on any atom is -0.382 e. The zero-order valence-electron chi connectivity index (χ0n) is 13.3. The van der Waals surface area contributed by atoms with Crippen LogP contribution in [0, 0.1) is 5.92 Å². The van der Waals surface area contributed by atoms with Crippen molar-refractivity contribution in [3.8, 4) is 0 Å². The Morgan fingerprint density at radius 2 is 1.84 bits per heavy atom. The van der Waals surface area contributed by atoms with E-state index in [4.69, 9.17) is 4.74 Å². The topological polar surface area (TPSA) is 24.5 Å². The van der Waals surface area contributed by atoms with Crippen LogP contribution in [0.5, 0.6) is 0 Å². The summed E-state index contributed by atoms with van der Waals surface area (Å²) in [6, 6.07) is 0.830. The molecule has 3 nitrogen and oxygen atoms in total. The summed E-state index contributed by atoms with van der Waals surface area (Å²) < 4.78 is 5.33. The molecule has 0 aromatic carbocycles. The van der Waals surface area contributed by atoms with E-state index >= 15 is 0 Å². The first-order valence-corrected chi connectivity index (χ1v) is 8.22. The molecule has 0 radical (unpaired) electrons. The van der Waals surface area contributed by atoms with Gasteiger partial charge < -0.3 is 15.0 Å². The normalized spacial score (nSPS) is 24.0. The number of likely N-dealkylation sites (N-methyl/N-ethyl adjacent to an activating group) is 1. The van der Waals surface area contributed by atoms with E-state index in [9.17, 15) is 0 Å². The molecular weight excluding hydrogens is 236 g/mol. The third kappa shape index (κ3) is 7.91. The number of unbranched alkanes of at least 4 members (excludes halogenated alkanes) is 1. The van der Waals surface area contributed by atoms with Gasteiger partial charge in [-0.2, -0.15) is 0 Å². The van der Waals surface area contributed by atoms with E-state index in [1.54, 1.807) is 0 Å². The number of hydrogen-bond acceptors (Lipinski definition) is 3. The molecule has 0 unspecified atom stereocenters. The molecule has 1 fully saturated rings. The average molecular weight is 270 g/mol. The lowest BCUT2D eigenvalue weighted by Gasteiger charge is -2.33. The van der Waals surface area contributed by atoms with Crippen molar-refractivity contribution in [3.05, 3.63) is 0 Å². The van der Waals surface area contributed by atoms with E-state index < -0.39 is 0 Å². The number of hydrogen-bond donors (Lipinski definition) is 1. The van der Waals surface area contributed by atoms with Crippen LogP contribution in [0.15, 0.2) is 0 Å². The Balaban J connectivity index is 1.91. The van der Waals surface area contributed by atoms with Crippen molar-refractivity contribution in [1.29, 1.82) is 0 Å². The monoisotopic (exact) mass is 270 g/mol. The van der Waals surface area contributed by atoms with Crippen LogP contribution in [0.25, 0.3) is 0 Å². The van der Waals surface area contributed by atoms with E-state index in [2.05, 4.69) is 31.1 Å². The average Bonchev–Trinajstić information content (AvgIpc) is 2.42. The molecule has 0 spiro atoms. The van der Waals surface area contributed by atoms with Crippen molar-refractivity contribution in [2.45, 2.75) is 58.4 Å². The highest BCUT2D eigenvalue weighted by Gasteiger charge is 2.20. The summed E-state index contributed by atoms with van der Waals surface area (Å²) >= 11 is 0. The second kappa shape index (κ2) is 10.6. The third-order valence-corrected chi connectivity index (χ3v) is 4.35. The fraction of sp³-hybridized carbons (Fsp3) is 1.00. The van der Waals surface area contributed by atoms with Gasteiger partial charge in [0.25, 0.3) is 0 Å². The van der Waals surface area contributed by atoms with Crippen LogP contribution in [0.3, 0.4) is 0 Å². The SMILES string of the molecule is CCOCCCCNCCN(C)C1CCC(C)CC1. The lowest BCUT2D eigenvalue weighted by Crippen LogP contribution is -2.39. The highest BCUT2D eigenvalue weighted by Crippen LogP contribution is 2.26. The van der Waals surface area contributed by atoms with Crippen LogP contribution in [0.4, 0.5) is 0 Å². The van der Waals surface area contributed by atoms with Gasteiger partial charge >= 0.3 is 0 Å². The van der Waals surface area contributed by atoms with Crippen molar-refractivity contribution in [2.24, 2.45) is 5.92 Å². The van der Waals surface area contributed by atoms with Gasteiger partial charge in [0.1, 0.15) is 0 Å². The van der Waals surface area contributed by atoms with Gasteiger partial charge in [0.15, 0.2) is 0 Å². The Morgan fingerprint density at radius 1 is 1.11 bits per heavy atom. The van der Waals surface area contributed by atoms with Gasteiger partial charge in [0.2, 0.25) is 0 Å². The van der Waals surface area contributed by atoms with E-state index in [1.807, 2.05) is 0 Å². The first kappa shape index (κ1) is 16.9. The van der Waals surface area contributed by atoms with Crippen molar-refractivity contribution in [2.75, 3.05) is 39.9 Å². The van der Waals surface area contributed by atoms with Crippen LogP contribution < -0.4 is 5.32 Å². The van der Waals surface area contributed by atoms with E-state index in [0.717, 1.165) is 38.3 Å². The minimum absolute atomic E-state index is 0.830. The smallest absolute Gasteiger partial charge is 0.0466 e. The highest BCUT2D eigenvalue weighted by molar-refractivity contribution is 4.76. The molecule has 0 aliphatic heterocycles.